The van der Waals surface area contributed by atoms with Gasteiger partial charge in [-0.15, -0.1) is 0 Å². The minimum Gasteiger partial charge on any atom is -0.394 e. The minimum atomic E-state index is -5.13. The molecule has 21 aliphatic heterocycles. The number of fused-ring (bicyclic) bond motifs is 1. The van der Waals surface area contributed by atoms with Gasteiger partial charge in [0.15, 0.2) is 44.0 Å². The maximum atomic E-state index is 14.5. The van der Waals surface area contributed by atoms with E-state index in [0.717, 1.165) is 6.07 Å². The predicted octanol–water partition coefficient (Wildman–Crippen LogP) is -12.7. The second kappa shape index (κ2) is 29.3. The molecule has 38 heteroatoms. The Balaban J connectivity index is 0.981. The molecule has 21 heterocycles. The van der Waals surface area contributed by atoms with Crippen LogP contribution in [-0.2, 0) is 80.6 Å². The first-order valence-electron chi connectivity index (χ1n) is 28.6. The Kier molecular flexibility index (Phi) is 22.8. The molecule has 0 saturated carbocycles. The van der Waals surface area contributed by atoms with Crippen molar-refractivity contribution in [1.29, 1.82) is 0 Å². The summed E-state index contributed by atoms with van der Waals surface area (Å²) in [6, 6.07) is 10.2. The summed E-state index contributed by atoms with van der Waals surface area (Å²) in [5.41, 5.74) is 0. The highest BCUT2D eigenvalue weighted by Gasteiger charge is 2.60. The molecule has 2 aromatic carbocycles. The average molecular weight is 1330 g/mol. The maximum Gasteiger partial charge on any atom is 0.298 e. The zero-order valence-corrected chi connectivity index (χ0v) is 47.8. The van der Waals surface area contributed by atoms with E-state index in [1.165, 1.54) is 18.2 Å². The Hall–Kier alpha value is -2.75. The summed E-state index contributed by atoms with van der Waals surface area (Å²) in [4.78, 5) is -0.481. The molecule has 37 nitrogen and oxygen atoms in total. The van der Waals surface area contributed by atoms with E-state index in [1.807, 2.05) is 0 Å². The molecular formula is C52H76O37S. The van der Waals surface area contributed by atoms with Crippen molar-refractivity contribution in [2.24, 2.45) is 0 Å². The zero-order chi connectivity index (χ0) is 64.9. The Morgan fingerprint density at radius 2 is 0.522 bits per heavy atom. The van der Waals surface area contributed by atoms with Gasteiger partial charge in [0.25, 0.3) is 10.1 Å². The highest BCUT2D eigenvalue weighted by atomic mass is 32.2. The quantitative estimate of drug-likeness (QED) is 0.0982. The minimum absolute atomic E-state index is 0.106. The summed E-state index contributed by atoms with van der Waals surface area (Å²) < 4.78 is 116. The maximum absolute atomic E-state index is 14.5. The molecule has 0 unspecified atom stereocenters. The van der Waals surface area contributed by atoms with E-state index in [-0.39, 0.29) is 5.39 Å². The molecule has 35 atom stereocenters. The molecule has 90 heavy (non-hydrogen) atoms. The number of hydrogen-bond acceptors (Lipinski definition) is 37. The molecule has 512 valence electrons. The highest BCUT2D eigenvalue weighted by Crippen LogP contribution is 2.40. The van der Waals surface area contributed by atoms with Crippen LogP contribution in [-0.4, -0.2) is 372 Å². The molecule has 21 fully saturated rings. The van der Waals surface area contributed by atoms with Crippen LogP contribution in [0.4, 0.5) is 0 Å². The first-order valence-corrected chi connectivity index (χ1v) is 30.0. The van der Waals surface area contributed by atoms with Crippen molar-refractivity contribution in [1.82, 2.24) is 0 Å². The molecule has 20 N–H and O–H groups in total. The lowest BCUT2D eigenvalue weighted by Crippen LogP contribution is -2.68. The van der Waals surface area contributed by atoms with Crippen molar-refractivity contribution < 1.29 is 181 Å². The second-order valence-electron chi connectivity index (χ2n) is 22.7. The van der Waals surface area contributed by atoms with Crippen LogP contribution >= 0.6 is 0 Å². The molecular weight excluding hydrogens is 1250 g/mol. The number of hydrogen-bond donors (Lipinski definition) is 20. The number of aliphatic hydroxyl groups excluding tert-OH is 20. The van der Waals surface area contributed by atoms with Crippen molar-refractivity contribution in [2.75, 3.05) is 46.2 Å². The van der Waals surface area contributed by atoms with Gasteiger partial charge in [-0.05, 0) is 11.5 Å². The van der Waals surface area contributed by atoms with Gasteiger partial charge in [0.05, 0.1) is 46.2 Å². The monoisotopic (exact) mass is 1320 g/mol. The molecule has 23 rings (SSSR count). The lowest BCUT2D eigenvalue weighted by molar-refractivity contribution is -0.396. The molecule has 0 amide bonds. The van der Waals surface area contributed by atoms with Crippen LogP contribution < -0.4 is 0 Å². The fourth-order valence-corrected chi connectivity index (χ4v) is 13.4. The third-order valence-corrected chi connectivity index (χ3v) is 18.4. The van der Waals surface area contributed by atoms with E-state index in [1.54, 1.807) is 18.2 Å². The van der Waals surface area contributed by atoms with Crippen molar-refractivity contribution >= 4 is 20.9 Å². The Bertz CT molecular complexity index is 2720. The summed E-state index contributed by atoms with van der Waals surface area (Å²) in [5.74, 6) is 0. The number of rotatable bonds is 10. The van der Waals surface area contributed by atoms with E-state index in [0.29, 0.717) is 5.39 Å². The summed E-state index contributed by atoms with van der Waals surface area (Å²) in [6.07, 6.45) is -73.7. The van der Waals surface area contributed by atoms with Crippen LogP contribution in [0.15, 0.2) is 47.4 Å². The second-order valence-corrected chi connectivity index (χ2v) is 24.2. The van der Waals surface area contributed by atoms with Crippen LogP contribution in [0.25, 0.3) is 10.8 Å². The van der Waals surface area contributed by atoms with Crippen LogP contribution in [0, 0.1) is 0 Å². The lowest BCUT2D eigenvalue weighted by atomic mass is 9.95. The highest BCUT2D eigenvalue weighted by molar-refractivity contribution is 7.87. The summed E-state index contributed by atoms with van der Waals surface area (Å²) in [6.45, 7) is -7.81. The molecule has 0 spiro atoms. The van der Waals surface area contributed by atoms with Gasteiger partial charge in [-0.2, -0.15) is 8.42 Å². The number of aliphatic hydroxyl groups is 20. The van der Waals surface area contributed by atoms with Gasteiger partial charge in [0.1, 0.15) is 176 Å². The largest absolute Gasteiger partial charge is 0.394 e. The summed E-state index contributed by atoms with van der Waals surface area (Å²) in [5, 5.41) is 225. The predicted molar refractivity (Wildman–Crippen MR) is 278 cm³/mol. The fraction of sp³-hybridized carbons (Fsp3) is 0.808. The van der Waals surface area contributed by atoms with Crippen LogP contribution in [0.1, 0.15) is 0 Å². The Labute approximate surface area is 509 Å². The molecule has 21 aliphatic rings. The number of benzene rings is 2. The smallest absolute Gasteiger partial charge is 0.298 e. The normalized spacial score (nSPS) is 49.3. The topological polar surface area (TPSA) is 577 Å². The first kappa shape index (κ1) is 70.1. The van der Waals surface area contributed by atoms with Gasteiger partial charge in [-0.3, -0.25) is 4.18 Å². The number of ether oxygens (including phenoxy) is 14. The van der Waals surface area contributed by atoms with E-state index in [4.69, 9.17) is 70.5 Å². The lowest BCUT2D eigenvalue weighted by Gasteiger charge is -2.50. The summed E-state index contributed by atoms with van der Waals surface area (Å²) in [7, 11) is -5.13. The van der Waals surface area contributed by atoms with Crippen molar-refractivity contribution in [3.63, 3.8) is 0 Å². The van der Waals surface area contributed by atoms with Gasteiger partial charge >= 0.3 is 0 Å². The fourth-order valence-electron chi connectivity index (χ4n) is 12.1. The average Bonchev–Trinajstić information content (AvgIpc) is 0.895. The Morgan fingerprint density at radius 3 is 0.800 bits per heavy atom. The van der Waals surface area contributed by atoms with E-state index in [9.17, 15) is 111 Å². The van der Waals surface area contributed by atoms with E-state index >= 15 is 0 Å². The zero-order valence-electron chi connectivity index (χ0n) is 47.0. The third-order valence-electron chi connectivity index (χ3n) is 17.0. The van der Waals surface area contributed by atoms with Gasteiger partial charge < -0.3 is 168 Å². The third kappa shape index (κ3) is 13.6. The molecule has 0 aliphatic carbocycles. The van der Waals surface area contributed by atoms with Crippen LogP contribution in [0.3, 0.4) is 0 Å². The van der Waals surface area contributed by atoms with Crippen molar-refractivity contribution in [3.8, 4) is 0 Å². The van der Waals surface area contributed by atoms with Gasteiger partial charge in [-0.25, -0.2) is 0 Å². The van der Waals surface area contributed by atoms with Crippen LogP contribution in [0.5, 0.6) is 0 Å². The van der Waals surface area contributed by atoms with Gasteiger partial charge in [-0.1, -0.05) is 36.4 Å². The van der Waals surface area contributed by atoms with Gasteiger partial charge in [0.2, 0.25) is 0 Å². The molecule has 21 saturated heterocycles. The molecule has 0 radical (unpaired) electrons. The molecule has 2 aromatic rings. The van der Waals surface area contributed by atoms with Crippen LogP contribution in [0.2, 0.25) is 0 Å². The van der Waals surface area contributed by atoms with Crippen molar-refractivity contribution in [2.45, 2.75) is 220 Å². The summed E-state index contributed by atoms with van der Waals surface area (Å²) >= 11 is 0. The molecule has 0 aromatic heterocycles. The first-order chi connectivity index (χ1) is 42.9. The van der Waals surface area contributed by atoms with E-state index in [2.05, 4.69) is 0 Å². The standard InChI is InChI=1S/C52H76O37S/c53-8-17-38-26(61)32(67)47(76-17)84-40-19(10-55)78-49(34(69)28(40)63)86-42-21(12-57)80-51(36(71)30(42)65)88-44-23(14-59)81-52(37(72)45(44)89-90(73,74)24-7-3-5-15-4-1-2-6-16(15)24)87-43-22(13-58)79-50(35(70)29(43)64)85-41-20(11-56)77-48(33(68)27(41)62)83-39-18(9-54)75-46(82-38)31(66)25(39)60/h1-7,17-23,25-72H,8-14H2/t17-,18-,19-,20-,21-,22-,23-,25-,26-,27-,28-,29+,30-,31-,32-,33-,34-,35+,36-,37-,38-,39-,40-,41-,42-,43-,44-,45-,46-,47-,48-,49-,50-,51-,52-/m1/s1. The Morgan fingerprint density at radius 1 is 0.289 bits per heavy atom. The SMILES string of the molecule is O=S(=O)(O[C@@H]1[C@@H](O)[C@H]2O[C@H]3[C@@H](O)[C@H](O)[C@@H](O[C@H]4[C@H](O)[C@@H](O)[C@@H](O[C@H]5[C@H](O)[C@@H](O)[C@@H](O[C@H]6[C@H](O)[C@@H](O)[C@@H](O[C@H]7[C@H](O)[C@@H](O)[C@@H](O[C@H]8[C@H](O)[C@@H](O)[C@@H](O[C@@H]1[C@@H](CO)O2)O[C@@H]8CO)O[C@@H]7CO)O[C@@H]6CO)O[C@@H]5CO)O[C@@H]4CO)O[C@@H]3CO)c1cccc2ccccc12. The van der Waals surface area contributed by atoms with E-state index < -0.39 is 276 Å². The van der Waals surface area contributed by atoms with Crippen molar-refractivity contribution in [3.05, 3.63) is 42.5 Å². The van der Waals surface area contributed by atoms with Gasteiger partial charge in [0, 0.05) is 5.39 Å². The molecule has 14 bridgehead atoms.